The molecular formula is C34H25N2NaO6S. The summed E-state index contributed by atoms with van der Waals surface area (Å²) in [5.41, 5.74) is 6.92. The van der Waals surface area contributed by atoms with E-state index in [1.807, 2.05) is 61.5 Å². The predicted molar refractivity (Wildman–Crippen MR) is 165 cm³/mol. The molecule has 0 atom stereocenters. The number of hydrogen-bond donors (Lipinski definition) is 2. The van der Waals surface area contributed by atoms with E-state index >= 15 is 0 Å². The van der Waals surface area contributed by atoms with Gasteiger partial charge >= 0.3 is 40.7 Å². The van der Waals surface area contributed by atoms with Gasteiger partial charge < -0.3 is 25.1 Å². The number of fused-ring (bicyclic) bond motifs is 2. The molecule has 214 valence electrons. The Hall–Kier alpha value is -4.25. The minimum absolute atomic E-state index is 0. The van der Waals surface area contributed by atoms with E-state index in [1.165, 1.54) is 24.3 Å². The molecule has 5 aromatic carbocycles. The molecule has 6 aromatic rings. The van der Waals surface area contributed by atoms with Crippen molar-refractivity contribution in [2.75, 3.05) is 10.6 Å². The van der Waals surface area contributed by atoms with Gasteiger partial charge in [-0.1, -0.05) is 42.5 Å². The monoisotopic (exact) mass is 612 g/mol. The van der Waals surface area contributed by atoms with Crippen molar-refractivity contribution < 1.29 is 56.8 Å². The topological polar surface area (TPSA) is 133 Å². The van der Waals surface area contributed by atoms with Crippen LogP contribution in [0.15, 0.2) is 112 Å². The molecule has 6 rings (SSSR count). The number of rotatable bonds is 7. The van der Waals surface area contributed by atoms with Gasteiger partial charge in [0.1, 0.15) is 10.1 Å². The van der Waals surface area contributed by atoms with Gasteiger partial charge in [0, 0.05) is 33.9 Å². The van der Waals surface area contributed by atoms with Crippen LogP contribution in [-0.2, 0) is 10.1 Å². The Kier molecular flexibility index (Phi) is 8.78. The average molecular weight is 613 g/mol. The van der Waals surface area contributed by atoms with Gasteiger partial charge in [0.2, 0.25) is 0 Å². The van der Waals surface area contributed by atoms with Gasteiger partial charge in [-0.05, 0) is 79.1 Å². The molecule has 8 nitrogen and oxygen atoms in total. The zero-order valence-corrected chi connectivity index (χ0v) is 27.0. The summed E-state index contributed by atoms with van der Waals surface area (Å²) in [4.78, 5) is 11.8. The number of carbonyl (C=O) groups is 1. The first kappa shape index (κ1) is 31.2. The first-order chi connectivity index (χ1) is 20.6. The van der Waals surface area contributed by atoms with E-state index in [0.29, 0.717) is 44.6 Å². The smallest absolute Gasteiger partial charge is 0.744 e. The Morgan fingerprint density at radius 3 is 1.84 bits per heavy atom. The van der Waals surface area contributed by atoms with Crippen LogP contribution < -0.4 is 45.3 Å². The van der Waals surface area contributed by atoms with E-state index < -0.39 is 16.1 Å². The van der Waals surface area contributed by atoms with Crippen LogP contribution in [0.1, 0.15) is 21.5 Å². The fraction of sp³-hybridized carbons (Fsp3) is 0.0588. The summed E-state index contributed by atoms with van der Waals surface area (Å²) >= 11 is 0. The molecule has 0 radical (unpaired) electrons. The molecule has 10 heteroatoms. The Labute approximate surface area is 276 Å². The fourth-order valence-electron chi connectivity index (χ4n) is 5.17. The number of hydrogen-bond acceptors (Lipinski definition) is 7. The molecule has 0 bridgehead atoms. The second kappa shape index (κ2) is 12.4. The average Bonchev–Trinajstić information content (AvgIpc) is 2.97. The molecule has 0 saturated heterocycles. The minimum atomic E-state index is -4.58. The minimum Gasteiger partial charge on any atom is -0.744 e. The number of benzene rings is 5. The zero-order chi connectivity index (χ0) is 30.3. The van der Waals surface area contributed by atoms with Crippen molar-refractivity contribution in [2.45, 2.75) is 18.7 Å². The Balaban J connectivity index is 0.00000384. The number of anilines is 4. The molecule has 0 unspecified atom stereocenters. The fourth-order valence-corrected chi connectivity index (χ4v) is 5.73. The summed E-state index contributed by atoms with van der Waals surface area (Å²) in [6.07, 6.45) is 0. The quantitative estimate of drug-likeness (QED) is 0.120. The molecule has 0 saturated carbocycles. The van der Waals surface area contributed by atoms with Crippen LogP contribution >= 0.6 is 0 Å². The second-order valence-corrected chi connectivity index (χ2v) is 11.6. The van der Waals surface area contributed by atoms with Gasteiger partial charge in [0.05, 0.1) is 33.8 Å². The summed E-state index contributed by atoms with van der Waals surface area (Å²) in [5, 5.41) is 20.2. The van der Waals surface area contributed by atoms with Crippen molar-refractivity contribution in [1.82, 2.24) is 0 Å². The van der Waals surface area contributed by atoms with Crippen LogP contribution in [0.25, 0.3) is 33.1 Å². The van der Waals surface area contributed by atoms with Gasteiger partial charge in [-0.25, -0.2) is 12.8 Å². The molecule has 44 heavy (non-hydrogen) atoms. The predicted octanol–water partition coefficient (Wildman–Crippen LogP) is 3.91. The number of aryl methyl sites for hydroxylation is 2. The van der Waals surface area contributed by atoms with Crippen molar-refractivity contribution in [1.29, 1.82) is 0 Å². The maximum atomic E-state index is 12.1. The molecule has 0 amide bonds. The third kappa shape index (κ3) is 6.19. The van der Waals surface area contributed by atoms with Crippen molar-refractivity contribution in [3.8, 4) is 11.1 Å². The maximum absolute atomic E-state index is 12.1. The van der Waals surface area contributed by atoms with E-state index in [1.54, 1.807) is 31.2 Å². The molecule has 0 aliphatic rings. The van der Waals surface area contributed by atoms with Crippen LogP contribution in [-0.4, -0.2) is 18.9 Å². The normalized spacial score (nSPS) is 11.2. The molecule has 0 fully saturated rings. The van der Waals surface area contributed by atoms with Crippen LogP contribution in [0.5, 0.6) is 0 Å². The summed E-state index contributed by atoms with van der Waals surface area (Å²) in [7, 11) is -4.58. The standard InChI is InChI=1S/C34H26N2O6S.Na/c1-20-7-3-6-10-29(20)35-22-11-14-27-31(18-22)42-32-19-23(36-30-16-13-24(17-21(30)2)43(39,40)41)12-15-28(32)33(27)25-8-4-5-9-26(25)34(37)38;/h3-19,35-36H,1-2H3,(H-,37,38,39,40,41);/q;+1/p-1. The molecule has 2 N–H and O–H groups in total. The molecule has 1 heterocycles. The van der Waals surface area contributed by atoms with E-state index in [4.69, 9.17) is 4.42 Å². The molecule has 1 aromatic heterocycles. The maximum Gasteiger partial charge on any atom is 1.00 e. The number of carboxylic acid groups (broad SMARTS) is 1. The third-order valence-corrected chi connectivity index (χ3v) is 8.16. The SMILES string of the molecule is Cc1ccccc1Nc1ccc2c(-c3ccccc3C(=O)[O-])c3ccc(Nc4ccc(S(=O)(=O)[O-])cc4C)cc3[o+]c2c1.[Na+]. The van der Waals surface area contributed by atoms with Gasteiger partial charge in [-0.2, -0.15) is 0 Å². The molecule has 0 aliphatic heterocycles. The number of carbonyl (C=O) groups excluding carboxylic acids is 1. The Morgan fingerprint density at radius 2 is 1.27 bits per heavy atom. The zero-order valence-electron chi connectivity index (χ0n) is 24.2. The van der Waals surface area contributed by atoms with Gasteiger partial charge in [0.25, 0.3) is 0 Å². The third-order valence-electron chi connectivity index (χ3n) is 7.33. The second-order valence-electron chi connectivity index (χ2n) is 10.2. The van der Waals surface area contributed by atoms with Crippen molar-refractivity contribution in [3.05, 3.63) is 120 Å². The first-order valence-electron chi connectivity index (χ1n) is 13.4. The van der Waals surface area contributed by atoms with Gasteiger partial charge in [-0.3, -0.25) is 0 Å². The van der Waals surface area contributed by atoms with Gasteiger partial charge in [0.15, 0.2) is 0 Å². The summed E-state index contributed by atoms with van der Waals surface area (Å²) in [5.74, 6) is -1.28. The van der Waals surface area contributed by atoms with Crippen LogP contribution in [0.2, 0.25) is 0 Å². The number of carboxylic acids is 1. The van der Waals surface area contributed by atoms with Gasteiger partial charge in [-0.15, -0.1) is 0 Å². The van der Waals surface area contributed by atoms with E-state index in [2.05, 4.69) is 10.6 Å². The number of para-hydroxylation sites is 1. The molecule has 0 spiro atoms. The summed E-state index contributed by atoms with van der Waals surface area (Å²) < 4.78 is 40.7. The molecule has 0 aliphatic carbocycles. The first-order valence-corrected chi connectivity index (χ1v) is 14.8. The Bertz CT molecular complexity index is 2180. The van der Waals surface area contributed by atoms with E-state index in [9.17, 15) is 22.9 Å². The largest absolute Gasteiger partial charge is 1.00 e. The van der Waals surface area contributed by atoms with Crippen molar-refractivity contribution >= 4 is 60.8 Å². The van der Waals surface area contributed by atoms with E-state index in [0.717, 1.165) is 22.3 Å². The Morgan fingerprint density at radius 1 is 0.705 bits per heavy atom. The van der Waals surface area contributed by atoms with Crippen LogP contribution in [0.3, 0.4) is 0 Å². The van der Waals surface area contributed by atoms with Crippen LogP contribution in [0, 0.1) is 13.8 Å². The number of nitrogens with one attached hydrogen (secondary N) is 2. The van der Waals surface area contributed by atoms with Crippen LogP contribution in [0.4, 0.5) is 22.7 Å². The summed E-state index contributed by atoms with van der Waals surface area (Å²) in [6, 6.07) is 29.9. The van der Waals surface area contributed by atoms with Crippen molar-refractivity contribution in [2.24, 2.45) is 0 Å². The summed E-state index contributed by atoms with van der Waals surface area (Å²) in [6.45, 7) is 3.72. The van der Waals surface area contributed by atoms with Crippen molar-refractivity contribution in [3.63, 3.8) is 0 Å². The molecular weight excluding hydrogens is 587 g/mol. The number of aromatic carboxylic acids is 1. The van der Waals surface area contributed by atoms with E-state index in [-0.39, 0.29) is 40.0 Å².